The molecule has 0 aromatic rings. The summed E-state index contributed by atoms with van der Waals surface area (Å²) in [4.78, 5) is 73.9. The van der Waals surface area contributed by atoms with E-state index in [1.54, 1.807) is 13.8 Å². The molecule has 3 aliphatic rings. The van der Waals surface area contributed by atoms with Crippen LogP contribution in [0.25, 0.3) is 0 Å². The Hall–Kier alpha value is -3.48. The topological polar surface area (TPSA) is 178 Å². The number of hydrogen-bond donors (Lipinski definition) is 1. The number of rotatable bonds is 7. The third kappa shape index (κ3) is 7.36. The van der Waals surface area contributed by atoms with Crippen LogP contribution in [-0.4, -0.2) is 84.2 Å². The van der Waals surface area contributed by atoms with Crippen LogP contribution in [0.2, 0.25) is 0 Å². The molecule has 13 heteroatoms. The quantitative estimate of drug-likeness (QED) is 0.251. The molecule has 10 atom stereocenters. The van der Waals surface area contributed by atoms with E-state index in [9.17, 15) is 33.9 Å². The van der Waals surface area contributed by atoms with Crippen molar-refractivity contribution >= 4 is 35.8 Å². The van der Waals surface area contributed by atoms with Crippen molar-refractivity contribution in [2.45, 2.75) is 111 Å². The molecule has 0 unspecified atom stereocenters. The molecule has 2 fully saturated rings. The molecule has 0 aromatic carbocycles. The fraction of sp³-hybridized carbons (Fsp3) is 0.733. The van der Waals surface area contributed by atoms with Crippen molar-refractivity contribution in [3.8, 4) is 0 Å². The Morgan fingerprint density at radius 1 is 0.767 bits per heavy atom. The minimum Gasteiger partial charge on any atom is -0.465 e. The van der Waals surface area contributed by atoms with Crippen LogP contribution in [0, 0.1) is 23.2 Å². The smallest absolute Gasteiger partial charge is 0.303 e. The summed E-state index contributed by atoms with van der Waals surface area (Å²) in [6, 6.07) is 0. The van der Waals surface area contributed by atoms with Crippen molar-refractivity contribution in [1.29, 1.82) is 0 Å². The molecule has 240 valence electrons. The fourth-order valence-electron chi connectivity index (χ4n) is 7.29. The molecule has 0 aliphatic heterocycles. The highest BCUT2D eigenvalue weighted by molar-refractivity contribution is 5.69. The number of carbonyl (C=O) groups excluding carboxylic acids is 6. The van der Waals surface area contributed by atoms with Gasteiger partial charge in [-0.1, -0.05) is 6.92 Å². The lowest BCUT2D eigenvalue weighted by Crippen LogP contribution is -2.68. The van der Waals surface area contributed by atoms with Crippen LogP contribution in [0.1, 0.15) is 74.7 Å². The summed E-state index contributed by atoms with van der Waals surface area (Å²) in [5.41, 5.74) is -0.391. The summed E-state index contributed by atoms with van der Waals surface area (Å²) >= 11 is 0. The van der Waals surface area contributed by atoms with Crippen LogP contribution in [0.3, 0.4) is 0 Å². The van der Waals surface area contributed by atoms with Gasteiger partial charge in [0, 0.05) is 59.8 Å². The highest BCUT2D eigenvalue weighted by Gasteiger charge is 2.66. The maximum atomic E-state index is 12.7. The third-order valence-electron chi connectivity index (χ3n) is 8.87. The van der Waals surface area contributed by atoms with E-state index in [2.05, 4.69) is 0 Å². The van der Waals surface area contributed by atoms with E-state index in [-0.39, 0.29) is 25.9 Å². The Labute approximate surface area is 250 Å². The molecule has 3 rings (SSSR count). The van der Waals surface area contributed by atoms with Crippen LogP contribution in [0.4, 0.5) is 0 Å². The second-order valence-corrected chi connectivity index (χ2v) is 11.9. The molecule has 2 bridgehead atoms. The zero-order chi connectivity index (χ0) is 32.4. The number of aliphatic hydroxyl groups excluding tert-OH is 1. The monoisotopic (exact) mass is 610 g/mol. The molecule has 0 spiro atoms. The molecule has 0 saturated heterocycles. The molecule has 0 aromatic heterocycles. The summed E-state index contributed by atoms with van der Waals surface area (Å²) in [5, 5.41) is 12.3. The number of aliphatic hydroxyl groups is 1. The van der Waals surface area contributed by atoms with E-state index < -0.39 is 95.6 Å². The van der Waals surface area contributed by atoms with E-state index in [1.807, 2.05) is 0 Å². The van der Waals surface area contributed by atoms with Crippen LogP contribution >= 0.6 is 0 Å². The molecule has 13 nitrogen and oxygen atoms in total. The molecular formula is C30H42O13. The Morgan fingerprint density at radius 2 is 1.33 bits per heavy atom. The van der Waals surface area contributed by atoms with Crippen molar-refractivity contribution in [3.05, 3.63) is 11.1 Å². The Morgan fingerprint density at radius 3 is 1.84 bits per heavy atom. The molecule has 0 radical (unpaired) electrons. The maximum Gasteiger partial charge on any atom is 0.303 e. The van der Waals surface area contributed by atoms with Crippen LogP contribution in [0.5, 0.6) is 0 Å². The van der Waals surface area contributed by atoms with Gasteiger partial charge in [0.15, 0.2) is 12.2 Å². The van der Waals surface area contributed by atoms with Gasteiger partial charge in [0.25, 0.3) is 0 Å². The Bertz CT molecular complexity index is 1170. The number of hydrogen-bond acceptors (Lipinski definition) is 13. The summed E-state index contributed by atoms with van der Waals surface area (Å²) in [6.07, 6.45) is -6.41. The van der Waals surface area contributed by atoms with Crippen molar-refractivity contribution in [2.75, 3.05) is 6.61 Å². The minimum absolute atomic E-state index is 0.0892. The standard InChI is InChI=1S/C30H42O13/c1-13-21-9-20(10-23(13)39-15(3)32)27(37)26-22(12-38-14(2)31)24(40-16(4)33)11-25(41-17(5)34)30(26,8)29(43-19(7)36)28(21)42-18(6)35/h20,22-29,37H,9-12H2,1-8H3/t20-,22+,23-,24-,25-,26-,27+,28+,29-,30+/m0/s1. The molecule has 0 amide bonds. The Balaban J connectivity index is 2.39. The van der Waals surface area contributed by atoms with E-state index in [0.717, 1.165) is 0 Å². The summed E-state index contributed by atoms with van der Waals surface area (Å²) in [6.45, 7) is 10.3. The maximum absolute atomic E-state index is 12.7. The van der Waals surface area contributed by atoms with Crippen LogP contribution < -0.4 is 0 Å². The third-order valence-corrected chi connectivity index (χ3v) is 8.87. The van der Waals surface area contributed by atoms with Crippen molar-refractivity contribution in [1.82, 2.24) is 0 Å². The first-order chi connectivity index (χ1) is 20.0. The second-order valence-electron chi connectivity index (χ2n) is 11.9. The van der Waals surface area contributed by atoms with Gasteiger partial charge >= 0.3 is 35.8 Å². The molecule has 1 N–H and O–H groups in total. The first kappa shape index (κ1) is 34.0. The zero-order valence-electron chi connectivity index (χ0n) is 25.9. The second kappa shape index (κ2) is 13.4. The van der Waals surface area contributed by atoms with Crippen molar-refractivity contribution in [2.24, 2.45) is 23.2 Å². The predicted molar refractivity (Wildman–Crippen MR) is 146 cm³/mol. The lowest BCUT2D eigenvalue weighted by molar-refractivity contribution is -0.249. The lowest BCUT2D eigenvalue weighted by atomic mass is 9.51. The summed E-state index contributed by atoms with van der Waals surface area (Å²) < 4.78 is 34.3. The first-order valence-corrected chi connectivity index (χ1v) is 14.3. The minimum atomic E-state index is -1.48. The average molecular weight is 611 g/mol. The zero-order valence-corrected chi connectivity index (χ0v) is 25.9. The van der Waals surface area contributed by atoms with Gasteiger partial charge in [-0.05, 0) is 36.8 Å². The van der Waals surface area contributed by atoms with Gasteiger partial charge in [-0.3, -0.25) is 28.8 Å². The SMILES string of the molecule is CC(=O)OC[C@H]1[C@H]2[C@H](O)[C@H]3CC(=C(C)[C@@H](OC(C)=O)C3)[C@@H](OC(C)=O)[C@H](OC(C)=O)[C@]2(C)[C@@H](OC(C)=O)C[C@@H]1OC(C)=O. The molecular weight excluding hydrogens is 568 g/mol. The highest BCUT2D eigenvalue weighted by atomic mass is 16.6. The predicted octanol–water partition coefficient (Wildman–Crippen LogP) is 1.95. The van der Waals surface area contributed by atoms with E-state index in [1.165, 1.54) is 41.5 Å². The number of esters is 6. The fourth-order valence-corrected chi connectivity index (χ4v) is 7.29. The van der Waals surface area contributed by atoms with Crippen LogP contribution in [0.15, 0.2) is 11.1 Å². The lowest BCUT2D eigenvalue weighted by Gasteiger charge is -2.59. The molecule has 3 aliphatic carbocycles. The average Bonchev–Trinajstić information content (AvgIpc) is 2.86. The van der Waals surface area contributed by atoms with Gasteiger partial charge in [0.2, 0.25) is 0 Å². The van der Waals surface area contributed by atoms with E-state index in [0.29, 0.717) is 11.1 Å². The molecule has 2 saturated carbocycles. The summed E-state index contributed by atoms with van der Waals surface area (Å²) in [7, 11) is 0. The number of carbonyl (C=O) groups is 6. The van der Waals surface area contributed by atoms with E-state index in [4.69, 9.17) is 28.4 Å². The van der Waals surface area contributed by atoms with Gasteiger partial charge in [-0.15, -0.1) is 0 Å². The molecule has 0 heterocycles. The van der Waals surface area contributed by atoms with Gasteiger partial charge in [-0.2, -0.15) is 0 Å². The largest absolute Gasteiger partial charge is 0.465 e. The van der Waals surface area contributed by atoms with Crippen LogP contribution in [-0.2, 0) is 57.2 Å². The Kier molecular flexibility index (Phi) is 10.6. The highest BCUT2D eigenvalue weighted by Crippen LogP contribution is 2.57. The summed E-state index contributed by atoms with van der Waals surface area (Å²) in [5.74, 6) is -6.41. The van der Waals surface area contributed by atoms with Gasteiger partial charge in [0.1, 0.15) is 18.3 Å². The number of fused-ring (bicyclic) bond motifs is 3. The van der Waals surface area contributed by atoms with Crippen molar-refractivity contribution < 1.29 is 62.3 Å². The number of ether oxygens (including phenoxy) is 6. The van der Waals surface area contributed by atoms with Gasteiger partial charge in [0.05, 0.1) is 18.1 Å². The van der Waals surface area contributed by atoms with Crippen molar-refractivity contribution in [3.63, 3.8) is 0 Å². The van der Waals surface area contributed by atoms with Gasteiger partial charge in [-0.25, -0.2) is 0 Å². The first-order valence-electron chi connectivity index (χ1n) is 14.3. The van der Waals surface area contributed by atoms with E-state index >= 15 is 0 Å². The normalized spacial score (nSPS) is 35.2. The molecule has 43 heavy (non-hydrogen) atoms. The van der Waals surface area contributed by atoms with Gasteiger partial charge < -0.3 is 33.5 Å².